The lowest BCUT2D eigenvalue weighted by molar-refractivity contribution is -0.151. The fourth-order valence-corrected chi connectivity index (χ4v) is 4.74. The maximum Gasteiger partial charge on any atom is 0.263 e. The molecule has 0 spiro atoms. The largest absolute Gasteiger partial charge is 0.401 e. The van der Waals surface area contributed by atoms with E-state index in [9.17, 15) is 23.2 Å². The maximum absolute atomic E-state index is 13.5. The van der Waals surface area contributed by atoms with Crippen LogP contribution < -0.4 is 5.73 Å². The summed E-state index contributed by atoms with van der Waals surface area (Å²) in [5, 5.41) is 0. The predicted molar refractivity (Wildman–Crippen MR) is 114 cm³/mol. The third-order valence-corrected chi connectivity index (χ3v) is 6.63. The minimum atomic E-state index is -2.72. The topological polar surface area (TPSA) is 86.5 Å². The number of carbonyl (C=O) groups excluding carboxylic acids is 3. The van der Waals surface area contributed by atoms with Crippen LogP contribution >= 0.6 is 0 Å². The molecule has 2 aliphatic rings. The number of nitrogens with two attached hydrogens (primary N) is 1. The van der Waals surface area contributed by atoms with Gasteiger partial charge in [-0.3, -0.25) is 14.4 Å². The highest BCUT2D eigenvalue weighted by molar-refractivity contribution is 6.28. The molecule has 0 amide bonds. The van der Waals surface area contributed by atoms with E-state index in [0.29, 0.717) is 37.9 Å². The molecule has 2 saturated carbocycles. The standard InChI is InChI=1S/C24H33F2NO4/c1-14(2)15(22(25)26)8-9-16(17(27)7-6-12-31-5)19(28)18-20(29)23(3)10-11-24(4,13-23)21(18)30/h8-9,18,22H,6-7,10-13,27H2,1-5H3/b9-8-,17-16+. The summed E-state index contributed by atoms with van der Waals surface area (Å²) in [4.78, 5) is 39.8. The fraction of sp³-hybridized carbons (Fsp3) is 0.625. The normalized spacial score (nSPS) is 29.0. The number of rotatable bonds is 9. The number of methoxy groups -OCH3 is 1. The van der Waals surface area contributed by atoms with Gasteiger partial charge in [0.05, 0.1) is 0 Å². The van der Waals surface area contributed by atoms with Crippen molar-refractivity contribution in [1.29, 1.82) is 0 Å². The van der Waals surface area contributed by atoms with Gasteiger partial charge in [-0.1, -0.05) is 25.5 Å². The molecule has 2 fully saturated rings. The second-order valence-electron chi connectivity index (χ2n) is 9.45. The summed E-state index contributed by atoms with van der Waals surface area (Å²) in [6, 6.07) is 0. The summed E-state index contributed by atoms with van der Waals surface area (Å²) in [5.74, 6) is -2.90. The lowest BCUT2D eigenvalue weighted by Gasteiger charge is -2.37. The van der Waals surface area contributed by atoms with Crippen molar-refractivity contribution in [2.75, 3.05) is 13.7 Å². The molecule has 0 radical (unpaired) electrons. The molecule has 2 aliphatic carbocycles. The van der Waals surface area contributed by atoms with E-state index in [4.69, 9.17) is 10.5 Å². The number of hydrogen-bond acceptors (Lipinski definition) is 5. The van der Waals surface area contributed by atoms with E-state index in [2.05, 4.69) is 0 Å². The van der Waals surface area contributed by atoms with Crippen molar-refractivity contribution in [3.63, 3.8) is 0 Å². The summed E-state index contributed by atoms with van der Waals surface area (Å²) in [5.41, 5.74) is 5.01. The number of carbonyl (C=O) groups is 3. The van der Waals surface area contributed by atoms with Crippen LogP contribution in [0.25, 0.3) is 0 Å². The molecule has 0 aromatic heterocycles. The Hall–Kier alpha value is -2.15. The van der Waals surface area contributed by atoms with E-state index in [-0.39, 0.29) is 34.8 Å². The van der Waals surface area contributed by atoms with Crippen molar-refractivity contribution < 1.29 is 27.9 Å². The van der Waals surface area contributed by atoms with Crippen molar-refractivity contribution in [3.8, 4) is 0 Å². The summed E-state index contributed by atoms with van der Waals surface area (Å²) < 4.78 is 31.8. The highest BCUT2D eigenvalue weighted by Crippen LogP contribution is 2.56. The molecule has 0 heterocycles. The number of alkyl halides is 2. The Balaban J connectivity index is 2.49. The molecule has 2 atom stereocenters. The van der Waals surface area contributed by atoms with E-state index in [0.717, 1.165) is 6.08 Å². The molecule has 2 bridgehead atoms. The summed E-state index contributed by atoms with van der Waals surface area (Å²) >= 11 is 0. The van der Waals surface area contributed by atoms with Gasteiger partial charge in [-0.2, -0.15) is 0 Å². The zero-order valence-corrected chi connectivity index (χ0v) is 19.0. The molecule has 7 heteroatoms. The van der Waals surface area contributed by atoms with Crippen LogP contribution in [0.3, 0.4) is 0 Å². The number of fused-ring (bicyclic) bond motifs is 2. The van der Waals surface area contributed by atoms with Gasteiger partial charge in [0.1, 0.15) is 5.92 Å². The van der Waals surface area contributed by atoms with E-state index in [1.165, 1.54) is 13.2 Å². The number of allylic oxidation sites excluding steroid dienone is 6. The average Bonchev–Trinajstić information content (AvgIpc) is 2.98. The lowest BCUT2D eigenvalue weighted by Crippen LogP contribution is -2.50. The Bertz CT molecular complexity index is 826. The van der Waals surface area contributed by atoms with Gasteiger partial charge in [-0.05, 0) is 52.0 Å². The van der Waals surface area contributed by atoms with Crippen molar-refractivity contribution in [1.82, 2.24) is 0 Å². The van der Waals surface area contributed by atoms with E-state index in [1.54, 1.807) is 27.7 Å². The Morgan fingerprint density at radius 1 is 1.16 bits per heavy atom. The molecule has 5 nitrogen and oxygen atoms in total. The summed E-state index contributed by atoms with van der Waals surface area (Å²) in [6.45, 7) is 7.10. The van der Waals surface area contributed by atoms with E-state index < -0.39 is 29.0 Å². The third-order valence-electron chi connectivity index (χ3n) is 6.63. The van der Waals surface area contributed by atoms with Gasteiger partial charge in [0.15, 0.2) is 17.3 Å². The molecular weight excluding hydrogens is 404 g/mol. The van der Waals surface area contributed by atoms with Gasteiger partial charge >= 0.3 is 0 Å². The molecule has 2 N–H and O–H groups in total. The second kappa shape index (κ2) is 9.55. The SMILES string of the molecule is COCCC/C(N)=C(/C=C\C(=C(C)C)C(F)F)C(=O)C1C(=O)C2(C)CCC(C)(C2)C1=O. The first-order valence-electron chi connectivity index (χ1n) is 10.6. The molecular formula is C24H33F2NO4. The smallest absolute Gasteiger partial charge is 0.263 e. The molecule has 2 unspecified atom stereocenters. The molecule has 0 aromatic carbocycles. The van der Waals surface area contributed by atoms with Gasteiger partial charge in [-0.15, -0.1) is 0 Å². The minimum absolute atomic E-state index is 0.0456. The Morgan fingerprint density at radius 2 is 1.71 bits per heavy atom. The first-order chi connectivity index (χ1) is 14.4. The van der Waals surface area contributed by atoms with Crippen LogP contribution in [-0.2, 0) is 19.1 Å². The molecule has 31 heavy (non-hydrogen) atoms. The first-order valence-corrected chi connectivity index (χ1v) is 10.6. The van der Waals surface area contributed by atoms with Crippen molar-refractivity contribution in [2.45, 2.75) is 66.2 Å². The van der Waals surface area contributed by atoms with Crippen molar-refractivity contribution in [2.24, 2.45) is 22.5 Å². The number of Topliss-reactive ketones (excluding diaryl/α,β-unsaturated/α-hetero) is 3. The zero-order valence-electron chi connectivity index (χ0n) is 19.0. The van der Waals surface area contributed by atoms with Crippen LogP contribution in [0.2, 0.25) is 0 Å². The Kier molecular flexibility index (Phi) is 7.74. The van der Waals surface area contributed by atoms with Crippen molar-refractivity contribution >= 4 is 17.3 Å². The van der Waals surface area contributed by atoms with Gasteiger partial charge < -0.3 is 10.5 Å². The Labute approximate surface area is 182 Å². The van der Waals surface area contributed by atoms with Crippen LogP contribution in [0.5, 0.6) is 0 Å². The summed E-state index contributed by atoms with van der Waals surface area (Å²) in [7, 11) is 1.53. The molecule has 0 aromatic rings. The van der Waals surface area contributed by atoms with Crippen LogP contribution in [-0.4, -0.2) is 37.5 Å². The number of hydrogen-bond donors (Lipinski definition) is 1. The highest BCUT2D eigenvalue weighted by Gasteiger charge is 2.61. The predicted octanol–water partition coefficient (Wildman–Crippen LogP) is 4.32. The van der Waals surface area contributed by atoms with Crippen LogP contribution in [0.1, 0.15) is 59.8 Å². The van der Waals surface area contributed by atoms with E-state index in [1.807, 2.05) is 0 Å². The van der Waals surface area contributed by atoms with Gasteiger partial charge in [-0.25, -0.2) is 8.78 Å². The lowest BCUT2D eigenvalue weighted by atomic mass is 9.62. The average molecular weight is 438 g/mol. The van der Waals surface area contributed by atoms with Crippen molar-refractivity contribution in [3.05, 3.63) is 34.6 Å². The third kappa shape index (κ3) is 5.03. The molecule has 0 aliphatic heterocycles. The zero-order chi connectivity index (χ0) is 23.6. The fourth-order valence-electron chi connectivity index (χ4n) is 4.74. The Morgan fingerprint density at radius 3 is 2.16 bits per heavy atom. The number of ketones is 3. The van der Waals surface area contributed by atoms with Gasteiger partial charge in [0, 0.05) is 41.4 Å². The van der Waals surface area contributed by atoms with Crippen LogP contribution in [0.4, 0.5) is 8.78 Å². The highest BCUT2D eigenvalue weighted by atomic mass is 19.3. The van der Waals surface area contributed by atoms with Crippen LogP contribution in [0, 0.1) is 16.7 Å². The second-order valence-corrected chi connectivity index (χ2v) is 9.45. The van der Waals surface area contributed by atoms with Gasteiger partial charge in [0.2, 0.25) is 0 Å². The number of ether oxygens (including phenoxy) is 1. The quantitative estimate of drug-likeness (QED) is 0.251. The molecule has 172 valence electrons. The molecule has 2 rings (SSSR count). The van der Waals surface area contributed by atoms with Crippen LogP contribution in [0.15, 0.2) is 34.6 Å². The maximum atomic E-state index is 13.5. The number of halogens is 2. The molecule has 0 saturated heterocycles. The van der Waals surface area contributed by atoms with Gasteiger partial charge in [0.25, 0.3) is 6.43 Å². The summed E-state index contributed by atoms with van der Waals surface area (Å²) in [6.07, 6.45) is 2.02. The van der Waals surface area contributed by atoms with E-state index >= 15 is 0 Å². The first kappa shape index (κ1) is 25.1. The monoisotopic (exact) mass is 437 g/mol. The minimum Gasteiger partial charge on any atom is -0.401 e.